The molecule has 0 aliphatic heterocycles. The molecule has 1 N–H and O–H groups in total. The number of non-ortho nitro benzene ring substituents is 1. The summed E-state index contributed by atoms with van der Waals surface area (Å²) in [5, 5.41) is 14.9. The monoisotopic (exact) mass is 435 g/mol. The van der Waals surface area contributed by atoms with E-state index in [1.54, 1.807) is 18.3 Å². The smallest absolute Gasteiger partial charge is 0.269 e. The Labute approximate surface area is 166 Å². The zero-order valence-corrected chi connectivity index (χ0v) is 17.0. The van der Waals surface area contributed by atoms with Crippen LogP contribution in [-0.4, -0.2) is 23.8 Å². The van der Waals surface area contributed by atoms with Crippen LogP contribution in [0.15, 0.2) is 46.0 Å². The van der Waals surface area contributed by atoms with Crippen molar-refractivity contribution in [2.75, 3.05) is 12.0 Å². The number of anilines is 1. The first kappa shape index (κ1) is 20.7. The average molecular weight is 436 g/mol. The number of rotatable bonds is 9. The van der Waals surface area contributed by atoms with Crippen LogP contribution in [0.3, 0.4) is 0 Å². The minimum absolute atomic E-state index is 0.0329. The molecule has 144 valence electrons. The summed E-state index contributed by atoms with van der Waals surface area (Å²) in [5.74, 6) is 1.33. The maximum Gasteiger partial charge on any atom is 0.269 e. The van der Waals surface area contributed by atoms with Crippen LogP contribution in [0.1, 0.15) is 32.8 Å². The molecule has 2 rings (SSSR count). The van der Waals surface area contributed by atoms with Gasteiger partial charge in [0.2, 0.25) is 0 Å². The summed E-state index contributed by atoms with van der Waals surface area (Å²) in [6.45, 7) is 6.51. The number of halogens is 1. The summed E-state index contributed by atoms with van der Waals surface area (Å²) in [4.78, 5) is 10.2. The fraction of sp³-hybridized carbons (Fsp3) is 0.316. The van der Waals surface area contributed by atoms with Gasteiger partial charge in [0.25, 0.3) is 5.69 Å². The van der Waals surface area contributed by atoms with E-state index in [-0.39, 0.29) is 11.8 Å². The Bertz CT molecular complexity index is 809. The highest BCUT2D eigenvalue weighted by molar-refractivity contribution is 9.10. The summed E-state index contributed by atoms with van der Waals surface area (Å²) in [7, 11) is 0. The number of hydrogen-bond donors (Lipinski definition) is 1. The molecule has 27 heavy (non-hydrogen) atoms. The Kier molecular flexibility index (Phi) is 7.60. The van der Waals surface area contributed by atoms with Gasteiger partial charge in [-0.3, -0.25) is 15.5 Å². The van der Waals surface area contributed by atoms with E-state index < -0.39 is 4.92 Å². The first-order valence-electron chi connectivity index (χ1n) is 8.61. The van der Waals surface area contributed by atoms with Crippen molar-refractivity contribution in [2.45, 2.75) is 33.3 Å². The Morgan fingerprint density at radius 2 is 1.96 bits per heavy atom. The van der Waals surface area contributed by atoms with Crippen LogP contribution in [0.2, 0.25) is 0 Å². The predicted octanol–water partition coefficient (Wildman–Crippen LogP) is 5.38. The Hall–Kier alpha value is -2.61. The van der Waals surface area contributed by atoms with Crippen molar-refractivity contribution < 1.29 is 14.4 Å². The van der Waals surface area contributed by atoms with E-state index in [2.05, 4.69) is 33.4 Å². The molecular weight excluding hydrogens is 414 g/mol. The maximum absolute atomic E-state index is 10.7. The number of nitrogens with zero attached hydrogens (tertiary/aromatic N) is 2. The molecule has 0 heterocycles. The largest absolute Gasteiger partial charge is 0.490 e. The quantitative estimate of drug-likeness (QED) is 0.324. The van der Waals surface area contributed by atoms with Gasteiger partial charge >= 0.3 is 0 Å². The minimum atomic E-state index is -0.442. The van der Waals surface area contributed by atoms with Crippen molar-refractivity contribution in [1.29, 1.82) is 0 Å². The molecule has 0 saturated carbocycles. The molecule has 0 aromatic heterocycles. The fourth-order valence-corrected chi connectivity index (χ4v) is 2.57. The highest BCUT2D eigenvalue weighted by atomic mass is 79.9. The zero-order valence-electron chi connectivity index (χ0n) is 15.4. The lowest BCUT2D eigenvalue weighted by molar-refractivity contribution is -0.384. The fourth-order valence-electron chi connectivity index (χ4n) is 2.14. The van der Waals surface area contributed by atoms with E-state index in [1.807, 2.05) is 26.0 Å². The van der Waals surface area contributed by atoms with E-state index in [0.29, 0.717) is 23.8 Å². The first-order chi connectivity index (χ1) is 12.9. The summed E-state index contributed by atoms with van der Waals surface area (Å²) >= 11 is 3.53. The number of hydrogen-bond acceptors (Lipinski definition) is 6. The molecule has 1 atom stereocenters. The standard InChI is InChI=1S/C19H22BrN3O4/c1-4-13(3)27-19-11-17(20)14(10-18(19)26-5-2)12-21-22-15-6-8-16(9-7-15)23(24)25/h6-13,22H,4-5H2,1-3H3/b21-12+/t13-/m0/s1. The Balaban J connectivity index is 2.15. The van der Waals surface area contributed by atoms with Gasteiger partial charge in [-0.1, -0.05) is 6.92 Å². The second-order valence-corrected chi connectivity index (χ2v) is 6.62. The van der Waals surface area contributed by atoms with Gasteiger partial charge < -0.3 is 9.47 Å². The summed E-state index contributed by atoms with van der Waals surface area (Å²) in [6, 6.07) is 9.75. The lowest BCUT2D eigenvalue weighted by atomic mass is 10.2. The molecule has 0 bridgehead atoms. The highest BCUT2D eigenvalue weighted by Gasteiger charge is 2.12. The van der Waals surface area contributed by atoms with E-state index in [4.69, 9.17) is 9.47 Å². The molecular formula is C19H22BrN3O4. The second-order valence-electron chi connectivity index (χ2n) is 5.76. The molecule has 0 spiro atoms. The molecule has 0 aliphatic rings. The molecule has 0 unspecified atom stereocenters. The van der Waals surface area contributed by atoms with Gasteiger partial charge in [0.05, 0.1) is 29.5 Å². The van der Waals surface area contributed by atoms with Gasteiger partial charge in [-0.2, -0.15) is 5.10 Å². The first-order valence-corrected chi connectivity index (χ1v) is 9.40. The molecule has 2 aromatic rings. The summed E-state index contributed by atoms with van der Waals surface area (Å²) in [5.41, 5.74) is 4.34. The van der Waals surface area contributed by atoms with Crippen LogP contribution in [0, 0.1) is 10.1 Å². The van der Waals surface area contributed by atoms with E-state index >= 15 is 0 Å². The number of nitro groups is 1. The van der Waals surface area contributed by atoms with Crippen molar-refractivity contribution in [1.82, 2.24) is 0 Å². The Morgan fingerprint density at radius 3 is 2.56 bits per heavy atom. The average Bonchev–Trinajstić information content (AvgIpc) is 2.65. The van der Waals surface area contributed by atoms with Crippen LogP contribution < -0.4 is 14.9 Å². The van der Waals surface area contributed by atoms with Crippen molar-refractivity contribution in [3.8, 4) is 11.5 Å². The molecule has 0 amide bonds. The lowest BCUT2D eigenvalue weighted by Crippen LogP contribution is -2.11. The third-order valence-corrected chi connectivity index (χ3v) is 4.43. The molecule has 7 nitrogen and oxygen atoms in total. The van der Waals surface area contributed by atoms with E-state index in [0.717, 1.165) is 16.5 Å². The van der Waals surface area contributed by atoms with Gasteiger partial charge in [-0.25, -0.2) is 0 Å². The highest BCUT2D eigenvalue weighted by Crippen LogP contribution is 2.34. The van der Waals surface area contributed by atoms with Crippen molar-refractivity contribution >= 4 is 33.5 Å². The van der Waals surface area contributed by atoms with Gasteiger partial charge in [0.1, 0.15) is 0 Å². The maximum atomic E-state index is 10.7. The Morgan fingerprint density at radius 1 is 1.26 bits per heavy atom. The van der Waals surface area contributed by atoms with Gasteiger partial charge in [0.15, 0.2) is 11.5 Å². The van der Waals surface area contributed by atoms with Crippen LogP contribution in [0.5, 0.6) is 11.5 Å². The van der Waals surface area contributed by atoms with Crippen molar-refractivity contribution in [2.24, 2.45) is 5.10 Å². The van der Waals surface area contributed by atoms with Gasteiger partial charge in [-0.05, 0) is 60.5 Å². The number of nitro benzene ring substituents is 1. The van der Waals surface area contributed by atoms with Gasteiger partial charge in [0, 0.05) is 22.2 Å². The van der Waals surface area contributed by atoms with Crippen molar-refractivity contribution in [3.63, 3.8) is 0 Å². The second kappa shape index (κ2) is 9.91. The van der Waals surface area contributed by atoms with Crippen molar-refractivity contribution in [3.05, 3.63) is 56.5 Å². The van der Waals surface area contributed by atoms with Crippen LogP contribution in [-0.2, 0) is 0 Å². The van der Waals surface area contributed by atoms with Crippen LogP contribution in [0.4, 0.5) is 11.4 Å². The van der Waals surface area contributed by atoms with E-state index in [1.165, 1.54) is 12.1 Å². The molecule has 2 aromatic carbocycles. The zero-order chi connectivity index (χ0) is 19.8. The third-order valence-electron chi connectivity index (χ3n) is 3.74. The number of ether oxygens (including phenoxy) is 2. The number of hydrazone groups is 1. The predicted molar refractivity (Wildman–Crippen MR) is 110 cm³/mol. The molecule has 0 saturated heterocycles. The molecule has 0 aliphatic carbocycles. The molecule has 8 heteroatoms. The number of nitrogens with one attached hydrogen (secondary N) is 1. The van der Waals surface area contributed by atoms with Crippen LogP contribution >= 0.6 is 15.9 Å². The summed E-state index contributed by atoms with van der Waals surface area (Å²) < 4.78 is 12.4. The summed E-state index contributed by atoms with van der Waals surface area (Å²) in [6.07, 6.45) is 2.62. The van der Waals surface area contributed by atoms with Gasteiger partial charge in [-0.15, -0.1) is 0 Å². The SMILES string of the molecule is CCOc1cc(/C=N/Nc2ccc([N+](=O)[O-])cc2)c(Br)cc1O[C@@H](C)CC. The molecule has 0 radical (unpaired) electrons. The lowest BCUT2D eigenvalue weighted by Gasteiger charge is -2.17. The normalized spacial score (nSPS) is 12.0. The topological polar surface area (TPSA) is 86.0 Å². The van der Waals surface area contributed by atoms with E-state index in [9.17, 15) is 10.1 Å². The third kappa shape index (κ3) is 5.96. The van der Waals surface area contributed by atoms with Crippen LogP contribution in [0.25, 0.3) is 0 Å². The number of benzene rings is 2. The molecule has 0 fully saturated rings. The minimum Gasteiger partial charge on any atom is -0.490 e.